The van der Waals surface area contributed by atoms with Gasteiger partial charge in [-0.25, -0.2) is 0 Å². The summed E-state index contributed by atoms with van der Waals surface area (Å²) in [5.74, 6) is 0.628. The first kappa shape index (κ1) is 14.0. The fourth-order valence-corrected chi connectivity index (χ4v) is 1.69. The van der Waals surface area contributed by atoms with E-state index in [1.165, 1.54) is 12.1 Å². The highest BCUT2D eigenvalue weighted by Gasteiger charge is 2.04. The van der Waals surface area contributed by atoms with E-state index in [-0.39, 0.29) is 5.69 Å². The van der Waals surface area contributed by atoms with Crippen LogP contribution in [0.1, 0.15) is 19.0 Å². The number of ether oxygens (including phenoxy) is 1. The molecule has 7 nitrogen and oxygen atoms in total. The highest BCUT2D eigenvalue weighted by Crippen LogP contribution is 2.17. The van der Waals surface area contributed by atoms with Gasteiger partial charge in [0.1, 0.15) is 5.75 Å². The van der Waals surface area contributed by atoms with Crippen molar-refractivity contribution in [2.24, 2.45) is 0 Å². The molecule has 1 aromatic heterocycles. The number of hydrogen-bond acceptors (Lipinski definition) is 5. The highest BCUT2D eigenvalue weighted by molar-refractivity contribution is 5.35. The van der Waals surface area contributed by atoms with Gasteiger partial charge in [-0.05, 0) is 18.6 Å². The second-order valence-corrected chi connectivity index (χ2v) is 4.28. The standard InChI is InChI=1S/C13H16N4O3/c1-2-11-10-16(15-14-11)8-3-9-20-13-6-4-12(5-7-13)17(18)19/h4-7,10H,2-3,8-9H2,1H3. The number of rotatable bonds is 7. The van der Waals surface area contributed by atoms with Gasteiger partial charge >= 0.3 is 0 Å². The molecule has 0 aliphatic heterocycles. The fraction of sp³-hybridized carbons (Fsp3) is 0.385. The van der Waals surface area contributed by atoms with Crippen molar-refractivity contribution in [1.82, 2.24) is 15.0 Å². The van der Waals surface area contributed by atoms with Gasteiger partial charge in [0.15, 0.2) is 0 Å². The zero-order chi connectivity index (χ0) is 14.4. The maximum Gasteiger partial charge on any atom is 0.269 e. The number of nitrogens with zero attached hydrogens (tertiary/aromatic N) is 4. The van der Waals surface area contributed by atoms with Crippen molar-refractivity contribution < 1.29 is 9.66 Å². The van der Waals surface area contributed by atoms with E-state index in [1.54, 1.807) is 16.8 Å². The molecule has 0 fully saturated rings. The van der Waals surface area contributed by atoms with E-state index < -0.39 is 4.92 Å². The monoisotopic (exact) mass is 276 g/mol. The molecule has 0 atom stereocenters. The summed E-state index contributed by atoms with van der Waals surface area (Å²) in [7, 11) is 0. The Balaban J connectivity index is 1.74. The minimum absolute atomic E-state index is 0.0621. The Labute approximate surface area is 116 Å². The Morgan fingerprint density at radius 1 is 1.35 bits per heavy atom. The first-order valence-corrected chi connectivity index (χ1v) is 6.45. The summed E-state index contributed by atoms with van der Waals surface area (Å²) in [6.45, 7) is 3.30. The highest BCUT2D eigenvalue weighted by atomic mass is 16.6. The third-order valence-corrected chi connectivity index (χ3v) is 2.80. The molecule has 0 saturated carbocycles. The molecule has 2 aromatic rings. The lowest BCUT2D eigenvalue weighted by Crippen LogP contribution is -2.05. The predicted octanol–water partition coefficient (Wildman–Crippen LogP) is 2.22. The van der Waals surface area contributed by atoms with Gasteiger partial charge in [-0.3, -0.25) is 14.8 Å². The maximum atomic E-state index is 10.5. The van der Waals surface area contributed by atoms with Gasteiger partial charge in [0.05, 0.1) is 17.2 Å². The maximum absolute atomic E-state index is 10.5. The molecule has 0 aliphatic carbocycles. The molecule has 1 heterocycles. The molecule has 1 aromatic carbocycles. The molecule has 2 rings (SSSR count). The summed E-state index contributed by atoms with van der Waals surface area (Å²) in [5.41, 5.74) is 1.04. The summed E-state index contributed by atoms with van der Waals surface area (Å²) in [6.07, 6.45) is 3.59. The van der Waals surface area contributed by atoms with Crippen molar-refractivity contribution in [2.45, 2.75) is 26.3 Å². The van der Waals surface area contributed by atoms with Crippen molar-refractivity contribution in [3.05, 3.63) is 46.3 Å². The summed E-state index contributed by atoms with van der Waals surface area (Å²) >= 11 is 0. The zero-order valence-corrected chi connectivity index (χ0v) is 11.2. The largest absolute Gasteiger partial charge is 0.494 e. The summed E-state index contributed by atoms with van der Waals surface area (Å²) < 4.78 is 7.30. The molecule has 0 bridgehead atoms. The molecule has 0 N–H and O–H groups in total. The molecular formula is C13H16N4O3. The average molecular weight is 276 g/mol. The molecule has 0 aliphatic rings. The lowest BCUT2D eigenvalue weighted by molar-refractivity contribution is -0.384. The number of non-ortho nitro benzene ring substituents is 1. The molecule has 0 unspecified atom stereocenters. The van der Waals surface area contributed by atoms with E-state index in [2.05, 4.69) is 10.3 Å². The molecule has 20 heavy (non-hydrogen) atoms. The van der Waals surface area contributed by atoms with Gasteiger partial charge in [-0.15, -0.1) is 5.10 Å². The minimum Gasteiger partial charge on any atom is -0.494 e. The van der Waals surface area contributed by atoms with Gasteiger partial charge in [0.2, 0.25) is 0 Å². The second-order valence-electron chi connectivity index (χ2n) is 4.28. The van der Waals surface area contributed by atoms with E-state index in [0.717, 1.165) is 25.1 Å². The van der Waals surface area contributed by atoms with Gasteiger partial charge in [0.25, 0.3) is 5.69 Å². The summed E-state index contributed by atoms with van der Waals surface area (Å²) in [4.78, 5) is 10.1. The first-order valence-electron chi connectivity index (χ1n) is 6.45. The van der Waals surface area contributed by atoms with E-state index in [4.69, 9.17) is 4.74 Å². The van der Waals surface area contributed by atoms with Crippen LogP contribution in [0.25, 0.3) is 0 Å². The lowest BCUT2D eigenvalue weighted by Gasteiger charge is -2.05. The first-order chi connectivity index (χ1) is 9.69. The third-order valence-electron chi connectivity index (χ3n) is 2.80. The molecule has 0 radical (unpaired) electrons. The average Bonchev–Trinajstić information content (AvgIpc) is 2.92. The normalized spacial score (nSPS) is 10.4. The van der Waals surface area contributed by atoms with Gasteiger partial charge in [-0.1, -0.05) is 12.1 Å². The number of aryl methyl sites for hydroxylation is 2. The van der Waals surface area contributed by atoms with Crippen LogP contribution in [0.3, 0.4) is 0 Å². The van der Waals surface area contributed by atoms with Gasteiger partial charge in [0, 0.05) is 31.3 Å². The number of aromatic nitrogens is 3. The van der Waals surface area contributed by atoms with Crippen LogP contribution in [-0.2, 0) is 13.0 Å². The van der Waals surface area contributed by atoms with Crippen LogP contribution >= 0.6 is 0 Å². The summed E-state index contributed by atoms with van der Waals surface area (Å²) in [6, 6.07) is 6.06. The number of nitro benzene ring substituents is 1. The quantitative estimate of drug-likeness (QED) is 0.440. The van der Waals surface area contributed by atoms with Crippen molar-refractivity contribution in [3.8, 4) is 5.75 Å². The zero-order valence-electron chi connectivity index (χ0n) is 11.2. The van der Waals surface area contributed by atoms with Crippen LogP contribution in [0.5, 0.6) is 5.75 Å². The number of nitro groups is 1. The molecule has 0 spiro atoms. The minimum atomic E-state index is -0.431. The predicted molar refractivity (Wildman–Crippen MR) is 72.6 cm³/mol. The van der Waals surface area contributed by atoms with Gasteiger partial charge < -0.3 is 4.74 Å². The Hall–Kier alpha value is -2.44. The van der Waals surface area contributed by atoms with E-state index in [1.807, 2.05) is 13.1 Å². The Morgan fingerprint density at radius 2 is 2.10 bits per heavy atom. The van der Waals surface area contributed by atoms with Gasteiger partial charge in [-0.2, -0.15) is 0 Å². The summed E-state index contributed by atoms with van der Waals surface area (Å²) in [5, 5.41) is 18.5. The topological polar surface area (TPSA) is 83.1 Å². The smallest absolute Gasteiger partial charge is 0.269 e. The van der Waals surface area contributed by atoms with E-state index >= 15 is 0 Å². The van der Waals surface area contributed by atoms with E-state index in [0.29, 0.717) is 12.4 Å². The Morgan fingerprint density at radius 3 is 2.70 bits per heavy atom. The number of hydrogen-bond donors (Lipinski definition) is 0. The Bertz CT molecular complexity index is 565. The van der Waals surface area contributed by atoms with Crippen molar-refractivity contribution >= 4 is 5.69 Å². The third kappa shape index (κ3) is 3.78. The van der Waals surface area contributed by atoms with Crippen LogP contribution in [0.2, 0.25) is 0 Å². The SMILES string of the molecule is CCc1cn(CCCOc2ccc([N+](=O)[O-])cc2)nn1. The van der Waals surface area contributed by atoms with Crippen LogP contribution in [0.15, 0.2) is 30.5 Å². The van der Waals surface area contributed by atoms with Crippen molar-refractivity contribution in [3.63, 3.8) is 0 Å². The second kappa shape index (κ2) is 6.65. The van der Waals surface area contributed by atoms with Crippen molar-refractivity contribution in [2.75, 3.05) is 6.61 Å². The van der Waals surface area contributed by atoms with Crippen LogP contribution in [0.4, 0.5) is 5.69 Å². The fourth-order valence-electron chi connectivity index (χ4n) is 1.69. The molecular weight excluding hydrogens is 260 g/mol. The molecule has 7 heteroatoms. The molecule has 0 saturated heterocycles. The Kier molecular flexibility index (Phi) is 4.65. The molecule has 0 amide bonds. The van der Waals surface area contributed by atoms with Crippen LogP contribution in [0, 0.1) is 10.1 Å². The lowest BCUT2D eigenvalue weighted by atomic mass is 10.3. The number of benzene rings is 1. The van der Waals surface area contributed by atoms with E-state index in [9.17, 15) is 10.1 Å². The van der Waals surface area contributed by atoms with Crippen LogP contribution < -0.4 is 4.74 Å². The molecule has 106 valence electrons. The van der Waals surface area contributed by atoms with Crippen LogP contribution in [-0.4, -0.2) is 26.5 Å². The van der Waals surface area contributed by atoms with Crippen molar-refractivity contribution in [1.29, 1.82) is 0 Å².